The van der Waals surface area contributed by atoms with Crippen LogP contribution < -0.4 is 19.7 Å². The second-order valence-electron chi connectivity index (χ2n) is 6.77. The summed E-state index contributed by atoms with van der Waals surface area (Å²) in [5.74, 6) is -0.896. The summed E-state index contributed by atoms with van der Waals surface area (Å²) < 4.78 is 30.4. The number of methoxy groups -OCH3 is 1. The van der Waals surface area contributed by atoms with Crippen LogP contribution in [0.3, 0.4) is 0 Å². The first-order valence-electron chi connectivity index (χ1n) is 9.10. The molecule has 0 atom stereocenters. The number of ether oxygens (including phenoxy) is 1. The number of sulfonamides is 1. The number of hydrogen-bond donors (Lipinski definition) is 2. The summed E-state index contributed by atoms with van der Waals surface area (Å²) in [5.41, 5.74) is 2.62. The molecule has 0 unspecified atom stereocenters. The van der Waals surface area contributed by atoms with E-state index < -0.39 is 21.8 Å². The summed E-state index contributed by atoms with van der Waals surface area (Å²) in [5, 5.41) is 5.08. The third-order valence-corrected chi connectivity index (χ3v) is 5.82. The predicted octanol–water partition coefficient (Wildman–Crippen LogP) is 1.66. The highest BCUT2D eigenvalue weighted by Crippen LogP contribution is 2.31. The Labute approximate surface area is 169 Å². The largest absolute Gasteiger partial charge is 0.497 e. The second kappa shape index (κ2) is 8.52. The van der Waals surface area contributed by atoms with E-state index in [0.29, 0.717) is 23.7 Å². The van der Waals surface area contributed by atoms with E-state index in [1.807, 2.05) is 0 Å². The van der Waals surface area contributed by atoms with Gasteiger partial charge in [-0.2, -0.15) is 0 Å². The summed E-state index contributed by atoms with van der Waals surface area (Å²) in [4.78, 5) is 24.3. The van der Waals surface area contributed by atoms with Crippen molar-refractivity contribution in [1.82, 2.24) is 5.32 Å². The number of aryl methyl sites for hydroxylation is 1. The first-order valence-corrected chi connectivity index (χ1v) is 11.0. The van der Waals surface area contributed by atoms with Crippen LogP contribution in [0.15, 0.2) is 42.5 Å². The van der Waals surface area contributed by atoms with Crippen molar-refractivity contribution in [2.24, 2.45) is 0 Å². The van der Waals surface area contributed by atoms with Gasteiger partial charge in [-0.1, -0.05) is 18.2 Å². The minimum atomic E-state index is -3.41. The van der Waals surface area contributed by atoms with Gasteiger partial charge in [0, 0.05) is 18.8 Å². The number of nitrogens with one attached hydrogen (secondary N) is 2. The molecule has 2 N–H and O–H groups in total. The molecular weight excluding hydrogens is 394 g/mol. The van der Waals surface area contributed by atoms with E-state index in [0.717, 1.165) is 30.2 Å². The van der Waals surface area contributed by atoms with Crippen LogP contribution in [0.5, 0.6) is 5.75 Å². The summed E-state index contributed by atoms with van der Waals surface area (Å²) in [6.45, 7) is 0.591. The molecular formula is C20H23N3O5S. The smallest absolute Gasteiger partial charge is 0.313 e. The third kappa shape index (κ3) is 5.05. The zero-order valence-corrected chi connectivity index (χ0v) is 17.1. The highest BCUT2D eigenvalue weighted by Gasteiger charge is 2.24. The lowest BCUT2D eigenvalue weighted by atomic mass is 10.0. The number of carbonyl (C=O) groups excluding carboxylic acids is 2. The molecule has 0 radical (unpaired) electrons. The summed E-state index contributed by atoms with van der Waals surface area (Å²) in [7, 11) is -1.85. The van der Waals surface area contributed by atoms with Gasteiger partial charge in [0.1, 0.15) is 5.75 Å². The maximum Gasteiger partial charge on any atom is 0.313 e. The summed E-state index contributed by atoms with van der Waals surface area (Å²) in [6.07, 6.45) is 2.65. The average Bonchev–Trinajstić information content (AvgIpc) is 2.71. The van der Waals surface area contributed by atoms with E-state index in [9.17, 15) is 18.0 Å². The number of benzene rings is 2. The number of carbonyl (C=O) groups is 2. The van der Waals surface area contributed by atoms with Crippen LogP contribution in [0.2, 0.25) is 0 Å². The van der Waals surface area contributed by atoms with Crippen molar-refractivity contribution in [1.29, 1.82) is 0 Å². The number of hydrogen-bond acceptors (Lipinski definition) is 5. The van der Waals surface area contributed by atoms with E-state index in [2.05, 4.69) is 10.6 Å². The van der Waals surface area contributed by atoms with Gasteiger partial charge in [0.05, 0.1) is 19.1 Å². The van der Waals surface area contributed by atoms with Gasteiger partial charge in [0.15, 0.2) is 0 Å². The van der Waals surface area contributed by atoms with Crippen LogP contribution in [-0.4, -0.2) is 40.1 Å². The van der Waals surface area contributed by atoms with Crippen molar-refractivity contribution < 1.29 is 22.7 Å². The highest BCUT2D eigenvalue weighted by molar-refractivity contribution is 7.92. The fourth-order valence-electron chi connectivity index (χ4n) is 3.16. The molecule has 1 heterocycles. The van der Waals surface area contributed by atoms with Crippen molar-refractivity contribution in [2.75, 3.05) is 29.5 Å². The molecule has 2 aromatic rings. The van der Waals surface area contributed by atoms with Gasteiger partial charge in [-0.05, 0) is 48.2 Å². The molecule has 2 amide bonds. The topological polar surface area (TPSA) is 105 Å². The molecule has 9 heteroatoms. The van der Waals surface area contributed by atoms with Crippen LogP contribution in [0.1, 0.15) is 17.5 Å². The zero-order chi connectivity index (χ0) is 21.0. The third-order valence-electron chi connectivity index (χ3n) is 4.64. The first-order chi connectivity index (χ1) is 13.8. The first kappa shape index (κ1) is 20.7. The van der Waals surface area contributed by atoms with Crippen molar-refractivity contribution in [3.05, 3.63) is 53.6 Å². The Morgan fingerprint density at radius 1 is 1.10 bits per heavy atom. The monoisotopic (exact) mass is 417 g/mol. The van der Waals surface area contributed by atoms with Crippen LogP contribution >= 0.6 is 0 Å². The molecule has 2 aromatic carbocycles. The van der Waals surface area contributed by atoms with Gasteiger partial charge < -0.3 is 15.4 Å². The molecule has 0 fully saturated rings. The van der Waals surface area contributed by atoms with Crippen molar-refractivity contribution in [2.45, 2.75) is 19.4 Å². The molecule has 0 aliphatic carbocycles. The number of fused-ring (bicyclic) bond motifs is 1. The van der Waals surface area contributed by atoms with Gasteiger partial charge in [-0.15, -0.1) is 0 Å². The second-order valence-corrected chi connectivity index (χ2v) is 8.67. The molecule has 0 bridgehead atoms. The van der Waals surface area contributed by atoms with Gasteiger partial charge in [-0.25, -0.2) is 8.42 Å². The minimum absolute atomic E-state index is 0.197. The molecule has 0 aromatic heterocycles. The maximum atomic E-state index is 12.2. The van der Waals surface area contributed by atoms with Crippen molar-refractivity contribution in [3.8, 4) is 5.75 Å². The normalized spacial score (nSPS) is 13.4. The number of nitrogens with zero attached hydrogens (tertiary/aromatic N) is 1. The predicted molar refractivity (Wildman–Crippen MR) is 110 cm³/mol. The zero-order valence-electron chi connectivity index (χ0n) is 16.3. The van der Waals surface area contributed by atoms with Crippen LogP contribution in [-0.2, 0) is 32.6 Å². The van der Waals surface area contributed by atoms with Crippen LogP contribution in [0.25, 0.3) is 0 Å². The lowest BCUT2D eigenvalue weighted by Crippen LogP contribution is -2.36. The quantitative estimate of drug-likeness (QED) is 0.720. The molecule has 8 nitrogen and oxygen atoms in total. The number of amides is 2. The number of rotatable bonds is 5. The Kier molecular flexibility index (Phi) is 6.07. The maximum absolute atomic E-state index is 12.2. The van der Waals surface area contributed by atoms with E-state index in [1.54, 1.807) is 49.6 Å². The van der Waals surface area contributed by atoms with Crippen molar-refractivity contribution in [3.63, 3.8) is 0 Å². The van der Waals surface area contributed by atoms with Gasteiger partial charge >= 0.3 is 11.8 Å². The van der Waals surface area contributed by atoms with Gasteiger partial charge in [0.2, 0.25) is 10.0 Å². The van der Waals surface area contributed by atoms with Crippen LogP contribution in [0, 0.1) is 0 Å². The van der Waals surface area contributed by atoms with E-state index in [-0.39, 0.29) is 6.54 Å². The lowest BCUT2D eigenvalue weighted by molar-refractivity contribution is -0.136. The Bertz CT molecular complexity index is 1020. The molecule has 154 valence electrons. The van der Waals surface area contributed by atoms with Crippen molar-refractivity contribution >= 4 is 33.2 Å². The SMILES string of the molecule is COc1ccc(CNC(=O)C(=O)Nc2ccc3c(c2)N(S(C)(=O)=O)CCC3)cc1. The summed E-state index contributed by atoms with van der Waals surface area (Å²) in [6, 6.07) is 12.1. The molecule has 0 saturated heterocycles. The summed E-state index contributed by atoms with van der Waals surface area (Å²) >= 11 is 0. The molecule has 1 aliphatic heterocycles. The Hall–Kier alpha value is -3.07. The molecule has 3 rings (SSSR count). The van der Waals surface area contributed by atoms with E-state index in [1.165, 1.54) is 4.31 Å². The minimum Gasteiger partial charge on any atom is -0.497 e. The van der Waals surface area contributed by atoms with Crippen LogP contribution in [0.4, 0.5) is 11.4 Å². The Morgan fingerprint density at radius 2 is 1.83 bits per heavy atom. The highest BCUT2D eigenvalue weighted by atomic mass is 32.2. The standard InChI is InChI=1S/C20H23N3O5S/c1-28-17-9-5-14(6-10-17)13-21-19(24)20(25)22-16-8-7-15-4-3-11-23(18(15)12-16)29(2,26)27/h5-10,12H,3-4,11,13H2,1-2H3,(H,21,24)(H,22,25). The average molecular weight is 417 g/mol. The molecule has 29 heavy (non-hydrogen) atoms. The number of anilines is 2. The van der Waals surface area contributed by atoms with E-state index >= 15 is 0 Å². The van der Waals surface area contributed by atoms with Gasteiger partial charge in [0.25, 0.3) is 0 Å². The fraction of sp³-hybridized carbons (Fsp3) is 0.300. The molecule has 0 saturated carbocycles. The molecule has 1 aliphatic rings. The fourth-order valence-corrected chi connectivity index (χ4v) is 4.15. The van der Waals surface area contributed by atoms with E-state index in [4.69, 9.17) is 4.74 Å². The lowest BCUT2D eigenvalue weighted by Gasteiger charge is -2.29. The molecule has 0 spiro atoms. The Morgan fingerprint density at radius 3 is 2.48 bits per heavy atom. The Balaban J connectivity index is 1.64. The van der Waals surface area contributed by atoms with Gasteiger partial charge in [-0.3, -0.25) is 13.9 Å².